The molecule has 1 aromatic carbocycles. The van der Waals surface area contributed by atoms with Crippen molar-refractivity contribution in [2.24, 2.45) is 0 Å². The molecule has 1 N–H and O–H groups in total. The lowest BCUT2D eigenvalue weighted by atomic mass is 9.97. The Kier molecular flexibility index (Phi) is 8.43. The summed E-state index contributed by atoms with van der Waals surface area (Å²) in [6.07, 6.45) is 0.499. The predicted octanol–water partition coefficient (Wildman–Crippen LogP) is 6.70. The first-order valence-electron chi connectivity index (χ1n) is 14.4. The van der Waals surface area contributed by atoms with E-state index in [4.69, 9.17) is 30.5 Å². The molecular formula is C31H35ClFN5O7. The SMILES string of the molecule is Cc1c(-c2cc3cc(NC(=O)OC4CN(C(=O)OC(C)(C)C)C4)ncc3c(Cl)c2F)cnc2c1N(C(=O)OC(C)(C)C)CCO2. The van der Waals surface area contributed by atoms with E-state index in [1.165, 1.54) is 28.3 Å². The Labute approximate surface area is 264 Å². The molecule has 4 heterocycles. The number of anilines is 2. The molecular weight excluding hydrogens is 609 g/mol. The van der Waals surface area contributed by atoms with E-state index in [-0.39, 0.29) is 48.5 Å². The quantitative estimate of drug-likeness (QED) is 0.310. The third-order valence-electron chi connectivity index (χ3n) is 6.91. The van der Waals surface area contributed by atoms with Crippen LogP contribution in [-0.4, -0.2) is 76.7 Å². The van der Waals surface area contributed by atoms with Crippen LogP contribution in [0.15, 0.2) is 24.5 Å². The summed E-state index contributed by atoms with van der Waals surface area (Å²) in [6.45, 7) is 13.2. The van der Waals surface area contributed by atoms with E-state index in [9.17, 15) is 14.4 Å². The third-order valence-corrected chi connectivity index (χ3v) is 7.27. The van der Waals surface area contributed by atoms with E-state index in [2.05, 4.69) is 15.3 Å². The van der Waals surface area contributed by atoms with Gasteiger partial charge in [-0.1, -0.05) is 11.6 Å². The lowest BCUT2D eigenvalue weighted by Crippen LogP contribution is -2.56. The van der Waals surface area contributed by atoms with Gasteiger partial charge in [0, 0.05) is 28.9 Å². The Morgan fingerprint density at radius 1 is 1.00 bits per heavy atom. The normalized spacial score (nSPS) is 15.1. The predicted molar refractivity (Wildman–Crippen MR) is 165 cm³/mol. The van der Waals surface area contributed by atoms with Crippen molar-refractivity contribution in [3.8, 4) is 17.0 Å². The molecule has 45 heavy (non-hydrogen) atoms. The maximum atomic E-state index is 15.7. The number of pyridine rings is 2. The molecule has 0 aliphatic carbocycles. The average Bonchev–Trinajstić information content (AvgIpc) is 2.90. The Hall–Kier alpha value is -4.39. The number of benzene rings is 1. The van der Waals surface area contributed by atoms with Crippen LogP contribution in [0.3, 0.4) is 0 Å². The molecule has 1 fully saturated rings. The number of ether oxygens (including phenoxy) is 4. The Morgan fingerprint density at radius 3 is 2.33 bits per heavy atom. The zero-order valence-electron chi connectivity index (χ0n) is 26.1. The van der Waals surface area contributed by atoms with Gasteiger partial charge in [0.2, 0.25) is 5.88 Å². The van der Waals surface area contributed by atoms with Crippen molar-refractivity contribution < 1.29 is 37.7 Å². The summed E-state index contributed by atoms with van der Waals surface area (Å²) in [5.41, 5.74) is 0.0849. The standard InChI is InChI=1S/C31H35ClFN5O7/c1-16-20(12-35-26-25(16)38(8-9-42-26)29(41)45-31(5,6)7)19-10-17-11-22(34-13-21(17)23(32)24(19)33)36-27(39)43-18-14-37(15-18)28(40)44-30(2,3)4/h10-13,18H,8-9,14-15H2,1-7H3,(H,34,36,39). The highest BCUT2D eigenvalue weighted by Crippen LogP contribution is 2.42. The largest absolute Gasteiger partial charge is 0.474 e. The van der Waals surface area contributed by atoms with Gasteiger partial charge in [-0.15, -0.1) is 0 Å². The lowest BCUT2D eigenvalue weighted by Gasteiger charge is -2.38. The minimum atomic E-state index is -0.763. The number of fused-ring (bicyclic) bond motifs is 2. The van der Waals surface area contributed by atoms with Gasteiger partial charge in [0.25, 0.3) is 0 Å². The smallest absolute Gasteiger partial charge is 0.415 e. The molecule has 1 saturated heterocycles. The van der Waals surface area contributed by atoms with Crippen LogP contribution in [-0.2, 0) is 14.2 Å². The topological polar surface area (TPSA) is 132 Å². The van der Waals surface area contributed by atoms with E-state index in [1.54, 1.807) is 54.5 Å². The van der Waals surface area contributed by atoms with Gasteiger partial charge in [-0.3, -0.25) is 10.2 Å². The van der Waals surface area contributed by atoms with Crippen molar-refractivity contribution in [1.82, 2.24) is 14.9 Å². The van der Waals surface area contributed by atoms with Gasteiger partial charge in [0.05, 0.1) is 24.7 Å². The number of amides is 3. The van der Waals surface area contributed by atoms with Crippen molar-refractivity contribution in [1.29, 1.82) is 0 Å². The maximum Gasteiger partial charge on any atom is 0.415 e. The van der Waals surface area contributed by atoms with Crippen LogP contribution in [0.5, 0.6) is 5.88 Å². The maximum absolute atomic E-state index is 15.7. The zero-order valence-corrected chi connectivity index (χ0v) is 26.9. The molecule has 2 aromatic heterocycles. The Bertz CT molecular complexity index is 1680. The molecule has 0 atom stereocenters. The van der Waals surface area contributed by atoms with Crippen LogP contribution in [0, 0.1) is 12.7 Å². The summed E-state index contributed by atoms with van der Waals surface area (Å²) in [6, 6.07) is 3.10. The van der Waals surface area contributed by atoms with Gasteiger partial charge in [0.15, 0.2) is 0 Å². The Morgan fingerprint density at radius 2 is 1.67 bits per heavy atom. The summed E-state index contributed by atoms with van der Waals surface area (Å²) in [5.74, 6) is -0.319. The summed E-state index contributed by atoms with van der Waals surface area (Å²) >= 11 is 6.46. The monoisotopic (exact) mass is 643 g/mol. The van der Waals surface area contributed by atoms with Gasteiger partial charge in [-0.25, -0.2) is 28.7 Å². The zero-order chi connectivity index (χ0) is 32.8. The molecule has 3 amide bonds. The fraction of sp³-hybridized carbons (Fsp3) is 0.452. The van der Waals surface area contributed by atoms with E-state index in [0.717, 1.165) is 0 Å². The number of hydrogen-bond acceptors (Lipinski definition) is 9. The molecule has 14 heteroatoms. The molecule has 240 valence electrons. The van der Waals surface area contributed by atoms with Gasteiger partial charge >= 0.3 is 18.3 Å². The first-order chi connectivity index (χ1) is 21.0. The van der Waals surface area contributed by atoms with E-state index < -0.39 is 41.4 Å². The number of carbonyl (C=O) groups excluding carboxylic acids is 3. The molecule has 3 aromatic rings. The number of nitrogens with zero attached hydrogens (tertiary/aromatic N) is 4. The van der Waals surface area contributed by atoms with E-state index in [0.29, 0.717) is 27.6 Å². The average molecular weight is 644 g/mol. The lowest BCUT2D eigenvalue weighted by molar-refractivity contribution is -0.0339. The molecule has 2 aliphatic rings. The number of likely N-dealkylation sites (tertiary alicyclic amines) is 1. The highest BCUT2D eigenvalue weighted by Gasteiger charge is 2.36. The van der Waals surface area contributed by atoms with Crippen LogP contribution in [0.2, 0.25) is 5.02 Å². The Balaban J connectivity index is 1.37. The number of nitrogens with one attached hydrogen (secondary N) is 1. The highest BCUT2D eigenvalue weighted by molar-refractivity contribution is 6.36. The molecule has 0 radical (unpaired) electrons. The second-order valence-electron chi connectivity index (χ2n) is 12.8. The van der Waals surface area contributed by atoms with Gasteiger partial charge in [-0.05, 0) is 71.5 Å². The van der Waals surface area contributed by atoms with Crippen molar-refractivity contribution in [2.45, 2.75) is 65.8 Å². The summed E-state index contributed by atoms with van der Waals surface area (Å²) in [4.78, 5) is 49.1. The fourth-order valence-electron chi connectivity index (χ4n) is 4.88. The van der Waals surface area contributed by atoms with E-state index in [1.807, 2.05) is 0 Å². The van der Waals surface area contributed by atoms with Crippen molar-refractivity contribution in [3.05, 3.63) is 40.9 Å². The van der Waals surface area contributed by atoms with Crippen LogP contribution in [0.1, 0.15) is 47.1 Å². The summed E-state index contributed by atoms with van der Waals surface area (Å²) < 4.78 is 37.7. The van der Waals surface area contributed by atoms with E-state index >= 15 is 4.39 Å². The fourth-order valence-corrected chi connectivity index (χ4v) is 5.14. The number of hydrogen-bond donors (Lipinski definition) is 1. The van der Waals surface area contributed by atoms with Crippen LogP contribution < -0.4 is 15.0 Å². The first kappa shape index (κ1) is 32.0. The number of aromatic nitrogens is 2. The second-order valence-corrected chi connectivity index (χ2v) is 13.2. The summed E-state index contributed by atoms with van der Waals surface area (Å²) in [5, 5.41) is 3.21. The minimum Gasteiger partial charge on any atom is -0.474 e. The molecule has 12 nitrogen and oxygen atoms in total. The molecule has 0 spiro atoms. The van der Waals surface area contributed by atoms with Crippen molar-refractivity contribution in [3.63, 3.8) is 0 Å². The van der Waals surface area contributed by atoms with Crippen molar-refractivity contribution in [2.75, 3.05) is 36.5 Å². The second kappa shape index (κ2) is 11.8. The van der Waals surface area contributed by atoms with Gasteiger partial charge in [0.1, 0.15) is 41.2 Å². The van der Waals surface area contributed by atoms with Crippen LogP contribution in [0.4, 0.5) is 30.3 Å². The first-order valence-corrected chi connectivity index (χ1v) is 14.7. The van der Waals surface area contributed by atoms with Crippen LogP contribution >= 0.6 is 11.6 Å². The molecule has 5 rings (SSSR count). The van der Waals surface area contributed by atoms with Gasteiger partial charge < -0.3 is 23.8 Å². The number of carbonyl (C=O) groups is 3. The molecule has 0 bridgehead atoms. The third kappa shape index (κ3) is 6.98. The summed E-state index contributed by atoms with van der Waals surface area (Å²) in [7, 11) is 0. The number of halogens is 2. The molecule has 0 saturated carbocycles. The number of rotatable bonds is 3. The molecule has 0 unspecified atom stereocenters. The molecule has 2 aliphatic heterocycles. The van der Waals surface area contributed by atoms with Crippen molar-refractivity contribution >= 4 is 52.2 Å². The highest BCUT2D eigenvalue weighted by atomic mass is 35.5. The minimum absolute atomic E-state index is 0.131. The van der Waals surface area contributed by atoms with Gasteiger partial charge in [-0.2, -0.15) is 0 Å². The van der Waals surface area contributed by atoms with Crippen LogP contribution in [0.25, 0.3) is 21.9 Å².